The van der Waals surface area contributed by atoms with Crippen LogP contribution in [0.3, 0.4) is 0 Å². The number of rotatable bonds is 9. The van der Waals surface area contributed by atoms with Crippen molar-refractivity contribution in [3.8, 4) is 17.2 Å². The van der Waals surface area contributed by atoms with Gasteiger partial charge in [-0.05, 0) is 41.8 Å². The lowest BCUT2D eigenvalue weighted by Gasteiger charge is -2.27. The van der Waals surface area contributed by atoms with E-state index in [0.717, 1.165) is 48.3 Å². The highest BCUT2D eigenvalue weighted by Gasteiger charge is 2.22. The van der Waals surface area contributed by atoms with Crippen LogP contribution in [-0.4, -0.2) is 47.4 Å². The number of methoxy groups -OCH3 is 3. The SMILES string of the molecule is CN=C(NCCc1ccc(OC)cc1)NCC(C)(C)c1ccc(OC)c(OC)c1.I. The molecule has 0 radical (unpaired) electrons. The van der Waals surface area contributed by atoms with E-state index in [0.29, 0.717) is 0 Å². The van der Waals surface area contributed by atoms with E-state index in [-0.39, 0.29) is 29.4 Å². The Morgan fingerprint density at radius 1 is 0.900 bits per heavy atom. The number of hydrogen-bond donors (Lipinski definition) is 2. The first kappa shape index (κ1) is 25.9. The van der Waals surface area contributed by atoms with Gasteiger partial charge in [0.1, 0.15) is 5.75 Å². The fourth-order valence-corrected chi connectivity index (χ4v) is 3.00. The second-order valence-electron chi connectivity index (χ2n) is 7.40. The van der Waals surface area contributed by atoms with Gasteiger partial charge >= 0.3 is 0 Å². The molecular weight excluding hydrogens is 493 g/mol. The summed E-state index contributed by atoms with van der Waals surface area (Å²) in [6.07, 6.45) is 0.907. The number of aliphatic imine (C=N–C) groups is 1. The molecule has 6 nitrogen and oxygen atoms in total. The molecule has 2 aromatic rings. The van der Waals surface area contributed by atoms with Gasteiger partial charge in [0.15, 0.2) is 17.5 Å². The van der Waals surface area contributed by atoms with Crippen LogP contribution in [0.4, 0.5) is 0 Å². The zero-order valence-corrected chi connectivity index (χ0v) is 21.1. The number of benzene rings is 2. The molecular formula is C23H34IN3O3. The molecule has 0 aliphatic rings. The summed E-state index contributed by atoms with van der Waals surface area (Å²) in [7, 11) is 6.76. The molecule has 0 fully saturated rings. The Morgan fingerprint density at radius 2 is 1.57 bits per heavy atom. The van der Waals surface area contributed by atoms with Gasteiger partial charge in [-0.25, -0.2) is 0 Å². The molecule has 0 heterocycles. The predicted molar refractivity (Wildman–Crippen MR) is 134 cm³/mol. The van der Waals surface area contributed by atoms with Crippen molar-refractivity contribution in [2.45, 2.75) is 25.7 Å². The molecule has 166 valence electrons. The summed E-state index contributed by atoms with van der Waals surface area (Å²) in [5.74, 6) is 3.12. The van der Waals surface area contributed by atoms with Crippen LogP contribution in [0.2, 0.25) is 0 Å². The van der Waals surface area contributed by atoms with Gasteiger partial charge in [0.2, 0.25) is 0 Å². The van der Waals surface area contributed by atoms with Crippen LogP contribution in [0, 0.1) is 0 Å². The normalized spacial score (nSPS) is 11.3. The van der Waals surface area contributed by atoms with Gasteiger partial charge in [0.25, 0.3) is 0 Å². The predicted octanol–water partition coefficient (Wildman–Crippen LogP) is 4.02. The van der Waals surface area contributed by atoms with Gasteiger partial charge in [0.05, 0.1) is 21.3 Å². The highest BCUT2D eigenvalue weighted by atomic mass is 127. The summed E-state index contributed by atoms with van der Waals surface area (Å²) < 4.78 is 16.0. The van der Waals surface area contributed by atoms with Crippen LogP contribution in [0.25, 0.3) is 0 Å². The highest BCUT2D eigenvalue weighted by Crippen LogP contribution is 2.32. The molecule has 0 saturated heterocycles. The molecule has 0 saturated carbocycles. The van der Waals surface area contributed by atoms with E-state index >= 15 is 0 Å². The molecule has 0 spiro atoms. The first-order chi connectivity index (χ1) is 13.9. The minimum absolute atomic E-state index is 0. The molecule has 2 N–H and O–H groups in total. The fraction of sp³-hybridized carbons (Fsp3) is 0.435. The average molecular weight is 527 g/mol. The van der Waals surface area contributed by atoms with Gasteiger partial charge in [0, 0.05) is 25.6 Å². The van der Waals surface area contributed by atoms with Gasteiger partial charge in [-0.15, -0.1) is 24.0 Å². The third kappa shape index (κ3) is 7.27. The molecule has 30 heavy (non-hydrogen) atoms. The second kappa shape index (κ2) is 12.5. The van der Waals surface area contributed by atoms with Crippen LogP contribution in [0.5, 0.6) is 17.2 Å². The molecule has 7 heteroatoms. The van der Waals surface area contributed by atoms with E-state index in [1.165, 1.54) is 5.56 Å². The number of hydrogen-bond acceptors (Lipinski definition) is 4. The first-order valence-corrected chi connectivity index (χ1v) is 9.73. The average Bonchev–Trinajstić information content (AvgIpc) is 2.75. The maximum Gasteiger partial charge on any atom is 0.191 e. The molecule has 0 atom stereocenters. The van der Waals surface area contributed by atoms with Crippen molar-refractivity contribution in [1.29, 1.82) is 0 Å². The minimum atomic E-state index is -0.118. The standard InChI is InChI=1S/C23H33N3O3.HI/c1-23(2,18-9-12-20(28-5)21(15-18)29-6)16-26-22(24-3)25-14-13-17-7-10-19(27-4)11-8-17;/h7-12,15H,13-14,16H2,1-6H3,(H2,24,25,26);1H. The molecule has 0 aliphatic carbocycles. The molecule has 0 unspecified atom stereocenters. The van der Waals surface area contributed by atoms with Crippen molar-refractivity contribution in [2.24, 2.45) is 4.99 Å². The minimum Gasteiger partial charge on any atom is -0.497 e. The smallest absolute Gasteiger partial charge is 0.191 e. The zero-order valence-electron chi connectivity index (χ0n) is 18.7. The van der Waals surface area contributed by atoms with Crippen LogP contribution in [-0.2, 0) is 11.8 Å². The fourth-order valence-electron chi connectivity index (χ4n) is 3.00. The Kier molecular flexibility index (Phi) is 10.8. The molecule has 0 aliphatic heterocycles. The van der Waals surface area contributed by atoms with E-state index in [1.807, 2.05) is 24.3 Å². The number of nitrogens with one attached hydrogen (secondary N) is 2. The van der Waals surface area contributed by atoms with Crippen molar-refractivity contribution >= 4 is 29.9 Å². The Balaban J connectivity index is 0.00000450. The highest BCUT2D eigenvalue weighted by molar-refractivity contribution is 14.0. The van der Waals surface area contributed by atoms with Crippen LogP contribution < -0.4 is 24.8 Å². The number of ether oxygens (including phenoxy) is 3. The Hall–Kier alpha value is -2.16. The van der Waals surface area contributed by atoms with Crippen LogP contribution in [0.15, 0.2) is 47.5 Å². The quantitative estimate of drug-likeness (QED) is 0.293. The van der Waals surface area contributed by atoms with Crippen molar-refractivity contribution < 1.29 is 14.2 Å². The summed E-state index contributed by atoms with van der Waals surface area (Å²) in [5.41, 5.74) is 2.29. The van der Waals surface area contributed by atoms with Crippen molar-refractivity contribution in [1.82, 2.24) is 10.6 Å². The second-order valence-corrected chi connectivity index (χ2v) is 7.40. The van der Waals surface area contributed by atoms with E-state index < -0.39 is 0 Å². The van der Waals surface area contributed by atoms with Crippen LogP contribution in [0.1, 0.15) is 25.0 Å². The van der Waals surface area contributed by atoms with E-state index in [1.54, 1.807) is 28.4 Å². The lowest BCUT2D eigenvalue weighted by atomic mass is 9.84. The topological polar surface area (TPSA) is 64.1 Å². The van der Waals surface area contributed by atoms with Gasteiger partial charge in [-0.2, -0.15) is 0 Å². The lowest BCUT2D eigenvalue weighted by molar-refractivity contribution is 0.353. The molecule has 0 amide bonds. The van der Waals surface area contributed by atoms with Crippen molar-refractivity contribution in [2.75, 3.05) is 41.5 Å². The zero-order chi connectivity index (χ0) is 21.3. The maximum absolute atomic E-state index is 5.44. The number of nitrogens with zero attached hydrogens (tertiary/aromatic N) is 1. The first-order valence-electron chi connectivity index (χ1n) is 9.73. The van der Waals surface area contributed by atoms with Crippen molar-refractivity contribution in [3.63, 3.8) is 0 Å². The Morgan fingerprint density at radius 3 is 2.13 bits per heavy atom. The van der Waals surface area contributed by atoms with Crippen molar-refractivity contribution in [3.05, 3.63) is 53.6 Å². The van der Waals surface area contributed by atoms with E-state index in [4.69, 9.17) is 14.2 Å². The third-order valence-electron chi connectivity index (χ3n) is 4.95. The summed E-state index contributed by atoms with van der Waals surface area (Å²) in [6, 6.07) is 14.2. The summed E-state index contributed by atoms with van der Waals surface area (Å²) >= 11 is 0. The largest absolute Gasteiger partial charge is 0.497 e. The molecule has 2 aromatic carbocycles. The Bertz CT molecular complexity index is 808. The monoisotopic (exact) mass is 527 g/mol. The Labute approximate surface area is 197 Å². The molecule has 0 aromatic heterocycles. The summed E-state index contributed by atoms with van der Waals surface area (Å²) in [6.45, 7) is 5.89. The van der Waals surface area contributed by atoms with Crippen LogP contribution >= 0.6 is 24.0 Å². The molecule has 2 rings (SSSR count). The summed E-state index contributed by atoms with van der Waals surface area (Å²) in [4.78, 5) is 4.33. The van der Waals surface area contributed by atoms with E-state index in [9.17, 15) is 0 Å². The molecule has 0 bridgehead atoms. The van der Waals surface area contributed by atoms with E-state index in [2.05, 4.69) is 47.7 Å². The van der Waals surface area contributed by atoms with Gasteiger partial charge in [-0.1, -0.05) is 32.0 Å². The van der Waals surface area contributed by atoms with Gasteiger partial charge in [-0.3, -0.25) is 4.99 Å². The third-order valence-corrected chi connectivity index (χ3v) is 4.95. The number of halogens is 1. The number of guanidine groups is 1. The maximum atomic E-state index is 5.44. The van der Waals surface area contributed by atoms with Gasteiger partial charge < -0.3 is 24.8 Å². The summed E-state index contributed by atoms with van der Waals surface area (Å²) in [5, 5.41) is 6.80. The lowest BCUT2D eigenvalue weighted by Crippen LogP contribution is -2.44.